The first-order valence-electron chi connectivity index (χ1n) is 8.17. The van der Waals surface area contributed by atoms with Crippen LogP contribution < -0.4 is 4.90 Å². The average Bonchev–Trinajstić information content (AvgIpc) is 2.61. The quantitative estimate of drug-likeness (QED) is 0.433. The van der Waals surface area contributed by atoms with Crippen LogP contribution in [0.5, 0.6) is 0 Å². The number of nitro benzene ring substituents is 1. The van der Waals surface area contributed by atoms with E-state index in [-0.39, 0.29) is 12.3 Å². The van der Waals surface area contributed by atoms with E-state index in [1.165, 1.54) is 12.1 Å². The Morgan fingerprint density at radius 2 is 1.84 bits per heavy atom. The minimum atomic E-state index is -0.446. The van der Waals surface area contributed by atoms with Crippen LogP contribution in [0.15, 0.2) is 52.7 Å². The van der Waals surface area contributed by atoms with E-state index in [0.29, 0.717) is 12.2 Å². The van der Waals surface area contributed by atoms with Gasteiger partial charge in [-0.1, -0.05) is 6.92 Å². The highest BCUT2D eigenvalue weighted by Crippen LogP contribution is 2.27. The summed E-state index contributed by atoms with van der Waals surface area (Å²) in [6.07, 6.45) is 1.00. The number of aliphatic hydroxyl groups is 1. The standard InChI is InChI=1S/C18H22N4O3/c1-3-10-21(11-12-23)17-8-9-18(14(2)13-17)20-19-15-4-6-16(7-5-15)22(24)25/h4-9,13,23H,3,10-12H2,1-2H3. The van der Waals surface area contributed by atoms with Crippen molar-refractivity contribution in [3.05, 3.63) is 58.1 Å². The number of benzene rings is 2. The van der Waals surface area contributed by atoms with E-state index < -0.39 is 4.92 Å². The molecule has 0 bridgehead atoms. The summed E-state index contributed by atoms with van der Waals surface area (Å²) in [5.41, 5.74) is 3.34. The molecule has 0 atom stereocenters. The van der Waals surface area contributed by atoms with Crippen LogP contribution in [0, 0.1) is 17.0 Å². The van der Waals surface area contributed by atoms with Gasteiger partial charge in [-0.2, -0.15) is 10.2 Å². The van der Waals surface area contributed by atoms with Gasteiger partial charge in [-0.25, -0.2) is 0 Å². The van der Waals surface area contributed by atoms with Gasteiger partial charge in [-0.3, -0.25) is 10.1 Å². The third-order valence-electron chi connectivity index (χ3n) is 3.74. The van der Waals surface area contributed by atoms with E-state index in [0.717, 1.165) is 29.9 Å². The fourth-order valence-corrected chi connectivity index (χ4v) is 2.46. The predicted molar refractivity (Wildman–Crippen MR) is 98.0 cm³/mol. The number of nitro groups is 1. The lowest BCUT2D eigenvalue weighted by Gasteiger charge is -2.23. The highest BCUT2D eigenvalue weighted by atomic mass is 16.6. The zero-order chi connectivity index (χ0) is 18.2. The van der Waals surface area contributed by atoms with Crippen molar-refractivity contribution in [3.63, 3.8) is 0 Å². The molecule has 0 unspecified atom stereocenters. The van der Waals surface area contributed by atoms with Gasteiger partial charge in [0.25, 0.3) is 5.69 Å². The maximum atomic E-state index is 10.6. The van der Waals surface area contributed by atoms with Gasteiger partial charge in [0.1, 0.15) is 0 Å². The fraction of sp³-hybridized carbons (Fsp3) is 0.333. The Morgan fingerprint density at radius 1 is 1.12 bits per heavy atom. The highest BCUT2D eigenvalue weighted by Gasteiger charge is 2.07. The molecule has 1 N–H and O–H groups in total. The number of anilines is 1. The van der Waals surface area contributed by atoms with Crippen molar-refractivity contribution in [3.8, 4) is 0 Å². The van der Waals surface area contributed by atoms with E-state index in [1.54, 1.807) is 12.1 Å². The maximum Gasteiger partial charge on any atom is 0.269 e. The van der Waals surface area contributed by atoms with Gasteiger partial charge in [0.15, 0.2) is 0 Å². The first-order chi connectivity index (χ1) is 12.0. The minimum absolute atomic E-state index is 0.0272. The largest absolute Gasteiger partial charge is 0.395 e. The first kappa shape index (κ1) is 18.5. The van der Waals surface area contributed by atoms with E-state index in [9.17, 15) is 15.2 Å². The molecule has 2 aromatic carbocycles. The summed E-state index contributed by atoms with van der Waals surface area (Å²) in [5, 5.41) is 28.2. The van der Waals surface area contributed by atoms with Gasteiger partial charge < -0.3 is 10.0 Å². The Morgan fingerprint density at radius 3 is 2.40 bits per heavy atom. The van der Waals surface area contributed by atoms with Crippen LogP contribution in [0.2, 0.25) is 0 Å². The molecular weight excluding hydrogens is 320 g/mol. The summed E-state index contributed by atoms with van der Waals surface area (Å²) in [6, 6.07) is 11.8. The molecule has 0 saturated heterocycles. The molecule has 25 heavy (non-hydrogen) atoms. The molecule has 0 aromatic heterocycles. The molecule has 7 heteroatoms. The van der Waals surface area contributed by atoms with Crippen LogP contribution >= 0.6 is 0 Å². The molecule has 0 fully saturated rings. The second-order valence-corrected chi connectivity index (χ2v) is 5.65. The molecule has 0 heterocycles. The molecule has 7 nitrogen and oxygen atoms in total. The predicted octanol–water partition coefficient (Wildman–Crippen LogP) is 4.53. The average molecular weight is 342 g/mol. The molecule has 0 amide bonds. The number of non-ortho nitro benzene ring substituents is 1. The summed E-state index contributed by atoms with van der Waals surface area (Å²) >= 11 is 0. The summed E-state index contributed by atoms with van der Waals surface area (Å²) in [4.78, 5) is 12.3. The number of rotatable bonds is 8. The summed E-state index contributed by atoms with van der Waals surface area (Å²) < 4.78 is 0. The molecule has 0 saturated carbocycles. The lowest BCUT2D eigenvalue weighted by atomic mass is 10.1. The Balaban J connectivity index is 2.15. The molecule has 0 aliphatic heterocycles. The van der Waals surface area contributed by atoms with Crippen LogP contribution in [0.25, 0.3) is 0 Å². The number of aryl methyl sites for hydroxylation is 1. The molecule has 0 aliphatic rings. The number of hydrogen-bond donors (Lipinski definition) is 1. The SMILES string of the molecule is CCCN(CCO)c1ccc(N=Nc2ccc([N+](=O)[O-])cc2)c(C)c1. The van der Waals surface area contributed by atoms with Crippen LogP contribution in [-0.4, -0.2) is 29.7 Å². The summed E-state index contributed by atoms with van der Waals surface area (Å²) in [7, 11) is 0. The Hall–Kier alpha value is -2.80. The summed E-state index contributed by atoms with van der Waals surface area (Å²) in [5.74, 6) is 0. The molecule has 132 valence electrons. The van der Waals surface area contributed by atoms with Crippen LogP contribution in [0.3, 0.4) is 0 Å². The molecule has 0 spiro atoms. The molecule has 2 aromatic rings. The van der Waals surface area contributed by atoms with Gasteiger partial charge in [-0.15, -0.1) is 0 Å². The normalized spacial score (nSPS) is 11.0. The van der Waals surface area contributed by atoms with Crippen LogP contribution in [0.1, 0.15) is 18.9 Å². The van der Waals surface area contributed by atoms with Crippen molar-refractivity contribution >= 4 is 22.7 Å². The van der Waals surface area contributed by atoms with Crippen molar-refractivity contribution in [2.75, 3.05) is 24.6 Å². The number of azo groups is 1. The van der Waals surface area contributed by atoms with Crippen molar-refractivity contribution in [1.82, 2.24) is 0 Å². The second-order valence-electron chi connectivity index (χ2n) is 5.65. The monoisotopic (exact) mass is 342 g/mol. The van der Waals surface area contributed by atoms with E-state index in [4.69, 9.17) is 0 Å². The van der Waals surface area contributed by atoms with Gasteiger partial charge in [0, 0.05) is 30.9 Å². The van der Waals surface area contributed by atoms with E-state index in [1.807, 2.05) is 25.1 Å². The van der Waals surface area contributed by atoms with Crippen LogP contribution in [-0.2, 0) is 0 Å². The maximum absolute atomic E-state index is 10.6. The summed E-state index contributed by atoms with van der Waals surface area (Å²) in [6.45, 7) is 5.64. The van der Waals surface area contributed by atoms with Gasteiger partial charge in [-0.05, 0) is 49.2 Å². The zero-order valence-corrected chi connectivity index (χ0v) is 14.4. The van der Waals surface area contributed by atoms with E-state index in [2.05, 4.69) is 22.1 Å². The third kappa shape index (κ3) is 5.09. The Labute approximate surface area is 146 Å². The zero-order valence-electron chi connectivity index (χ0n) is 14.4. The number of aliphatic hydroxyl groups excluding tert-OH is 1. The lowest BCUT2D eigenvalue weighted by Crippen LogP contribution is -2.27. The van der Waals surface area contributed by atoms with Crippen molar-refractivity contribution in [2.45, 2.75) is 20.3 Å². The molecule has 0 aliphatic carbocycles. The first-order valence-corrected chi connectivity index (χ1v) is 8.17. The molecular formula is C18H22N4O3. The van der Waals surface area contributed by atoms with Gasteiger partial charge >= 0.3 is 0 Å². The minimum Gasteiger partial charge on any atom is -0.395 e. The van der Waals surface area contributed by atoms with Crippen molar-refractivity contribution in [2.24, 2.45) is 10.2 Å². The number of nitrogens with zero attached hydrogens (tertiary/aromatic N) is 4. The van der Waals surface area contributed by atoms with Crippen LogP contribution in [0.4, 0.5) is 22.7 Å². The number of hydrogen-bond acceptors (Lipinski definition) is 6. The Kier molecular flexibility index (Phi) is 6.59. The van der Waals surface area contributed by atoms with E-state index >= 15 is 0 Å². The third-order valence-corrected chi connectivity index (χ3v) is 3.74. The smallest absolute Gasteiger partial charge is 0.269 e. The topological polar surface area (TPSA) is 91.3 Å². The molecule has 0 radical (unpaired) electrons. The Bertz CT molecular complexity index is 738. The van der Waals surface area contributed by atoms with Gasteiger partial charge in [0.05, 0.1) is 22.9 Å². The van der Waals surface area contributed by atoms with Crippen molar-refractivity contribution in [1.29, 1.82) is 0 Å². The van der Waals surface area contributed by atoms with Gasteiger partial charge in [0.2, 0.25) is 0 Å². The van der Waals surface area contributed by atoms with Crippen molar-refractivity contribution < 1.29 is 10.0 Å². The second kappa shape index (κ2) is 8.89. The fourth-order valence-electron chi connectivity index (χ4n) is 2.46. The molecule has 2 rings (SSSR count). The lowest BCUT2D eigenvalue weighted by molar-refractivity contribution is -0.384. The highest BCUT2D eigenvalue weighted by molar-refractivity contribution is 5.58.